The normalized spacial score (nSPS) is 17.8. The summed E-state index contributed by atoms with van der Waals surface area (Å²) in [6.45, 7) is 52.2. The van der Waals surface area contributed by atoms with E-state index in [1.807, 2.05) is 0 Å². The van der Waals surface area contributed by atoms with Gasteiger partial charge in [0, 0.05) is 12.2 Å². The molecule has 0 saturated carbocycles. The Morgan fingerprint density at radius 1 is 0.536 bits per heavy atom. The van der Waals surface area contributed by atoms with E-state index in [0.717, 1.165) is 12.8 Å². The van der Waals surface area contributed by atoms with E-state index >= 15 is 0 Å². The van der Waals surface area contributed by atoms with E-state index in [2.05, 4.69) is 223 Å². The Kier molecular flexibility index (Phi) is 17.0. The van der Waals surface area contributed by atoms with Crippen molar-refractivity contribution in [2.75, 3.05) is 6.61 Å². The Balaban J connectivity index is 2.52. The van der Waals surface area contributed by atoms with E-state index in [1.54, 1.807) is 0 Å². The summed E-state index contributed by atoms with van der Waals surface area (Å²) in [7, 11) is -8.87. The van der Waals surface area contributed by atoms with Crippen molar-refractivity contribution in [3.8, 4) is 0 Å². The van der Waals surface area contributed by atoms with E-state index in [0.29, 0.717) is 12.5 Å². The molecule has 0 aliphatic heterocycles. The summed E-state index contributed by atoms with van der Waals surface area (Å²) in [6.07, 6.45) is 6.68. The molecular formula is C48H88O4Si4. The maximum Gasteiger partial charge on any atom is 0.261 e. The molecule has 0 radical (unpaired) electrons. The molecular weight excluding hydrogens is 753 g/mol. The molecule has 2 aromatic carbocycles. The maximum atomic E-state index is 7.65. The molecule has 0 fully saturated rings. The van der Waals surface area contributed by atoms with Crippen LogP contribution in [0.4, 0.5) is 0 Å². The van der Waals surface area contributed by atoms with Crippen LogP contribution in [0.15, 0.2) is 72.8 Å². The van der Waals surface area contributed by atoms with Crippen LogP contribution in [0.3, 0.4) is 0 Å². The highest BCUT2D eigenvalue weighted by atomic mass is 28.4. The first-order valence-electron chi connectivity index (χ1n) is 21.6. The van der Waals surface area contributed by atoms with Gasteiger partial charge in [0.05, 0.1) is 12.2 Å². The highest BCUT2D eigenvalue weighted by molar-refractivity contribution is 6.99. The van der Waals surface area contributed by atoms with Crippen LogP contribution in [0, 0.1) is 11.8 Å². The molecule has 0 heterocycles. The molecule has 0 amide bonds. The molecule has 4 nitrogen and oxygen atoms in total. The van der Waals surface area contributed by atoms with E-state index in [1.165, 1.54) is 10.4 Å². The lowest BCUT2D eigenvalue weighted by Crippen LogP contribution is -2.68. The van der Waals surface area contributed by atoms with Gasteiger partial charge in [0.15, 0.2) is 25.0 Å². The van der Waals surface area contributed by atoms with E-state index < -0.39 is 38.9 Å². The van der Waals surface area contributed by atoms with Gasteiger partial charge in [0.1, 0.15) is 0 Å². The third-order valence-electron chi connectivity index (χ3n) is 13.9. The molecule has 0 aromatic heterocycles. The van der Waals surface area contributed by atoms with Gasteiger partial charge in [-0.1, -0.05) is 170 Å². The lowest BCUT2D eigenvalue weighted by atomic mass is 9.90. The summed E-state index contributed by atoms with van der Waals surface area (Å²) < 4.78 is 29.2. The van der Waals surface area contributed by atoms with Gasteiger partial charge in [0.2, 0.25) is 0 Å². The number of hydrogen-bond donors (Lipinski definition) is 0. The SMILES string of the molecule is C[C@H](O[Si](c1ccccc1)(c1ccccc1)C(C)(C)C)[C@@H](C)C[C@@H](O[Si](C)(C)C(C)(C)C)[C@@H](C)C/C=C/[C@](C)(CO[Si](C)(C)C(C)(C)C)O[Si](C)(C)C(C)(C)C. The van der Waals surface area contributed by atoms with Crippen LogP contribution < -0.4 is 10.4 Å². The Morgan fingerprint density at radius 2 is 0.964 bits per heavy atom. The highest BCUT2D eigenvalue weighted by Crippen LogP contribution is 2.43. The van der Waals surface area contributed by atoms with Gasteiger partial charge in [-0.25, -0.2) is 0 Å². The molecule has 0 aliphatic rings. The van der Waals surface area contributed by atoms with Crippen LogP contribution in [0.2, 0.25) is 59.4 Å². The minimum absolute atomic E-state index is 0.0309. The van der Waals surface area contributed by atoms with Gasteiger partial charge in [-0.2, -0.15) is 0 Å². The van der Waals surface area contributed by atoms with Gasteiger partial charge in [-0.15, -0.1) is 0 Å². The van der Waals surface area contributed by atoms with Crippen molar-refractivity contribution >= 4 is 43.6 Å². The second-order valence-electron chi connectivity index (χ2n) is 23.0. The quantitative estimate of drug-likeness (QED) is 0.111. The zero-order valence-corrected chi connectivity index (χ0v) is 44.5. The summed E-state index contributed by atoms with van der Waals surface area (Å²) in [4.78, 5) is 0. The topological polar surface area (TPSA) is 36.9 Å². The zero-order valence-electron chi connectivity index (χ0n) is 40.5. The Labute approximate surface area is 351 Å². The van der Waals surface area contributed by atoms with E-state index in [-0.39, 0.29) is 38.3 Å². The van der Waals surface area contributed by atoms with Crippen LogP contribution in [0.25, 0.3) is 0 Å². The maximum absolute atomic E-state index is 7.65. The molecule has 0 bridgehead atoms. The fourth-order valence-electron chi connectivity index (χ4n) is 6.67. The molecule has 56 heavy (non-hydrogen) atoms. The summed E-state index contributed by atoms with van der Waals surface area (Å²) in [5, 5.41) is 2.91. The molecule has 0 unspecified atom stereocenters. The van der Waals surface area contributed by atoms with Gasteiger partial charge in [-0.05, 0) is 108 Å². The van der Waals surface area contributed by atoms with Gasteiger partial charge >= 0.3 is 0 Å². The molecule has 0 spiro atoms. The third kappa shape index (κ3) is 12.9. The Morgan fingerprint density at radius 3 is 1.36 bits per heavy atom. The summed E-state index contributed by atoms with van der Waals surface area (Å²) >= 11 is 0. The summed E-state index contributed by atoms with van der Waals surface area (Å²) in [5.74, 6) is 0.587. The third-order valence-corrected chi connectivity index (χ3v) is 32.6. The lowest BCUT2D eigenvalue weighted by molar-refractivity contribution is 0.0563. The van der Waals surface area contributed by atoms with Gasteiger partial charge in [-0.3, -0.25) is 0 Å². The van der Waals surface area contributed by atoms with Crippen LogP contribution in [0.5, 0.6) is 0 Å². The van der Waals surface area contributed by atoms with Crippen molar-refractivity contribution in [3.63, 3.8) is 0 Å². The van der Waals surface area contributed by atoms with Crippen LogP contribution >= 0.6 is 0 Å². The lowest BCUT2D eigenvalue weighted by Gasteiger charge is -2.46. The van der Waals surface area contributed by atoms with Gasteiger partial charge in [0.25, 0.3) is 8.32 Å². The van der Waals surface area contributed by atoms with Crippen molar-refractivity contribution in [1.29, 1.82) is 0 Å². The molecule has 2 rings (SSSR count). The Hall–Kier alpha value is -1.11. The Bertz CT molecular complexity index is 1470. The zero-order chi connectivity index (χ0) is 43.4. The predicted octanol–water partition coefficient (Wildman–Crippen LogP) is 13.8. The minimum Gasteiger partial charge on any atom is -0.414 e. The molecule has 320 valence electrons. The first kappa shape index (κ1) is 51.0. The monoisotopic (exact) mass is 841 g/mol. The largest absolute Gasteiger partial charge is 0.414 e. The summed E-state index contributed by atoms with van der Waals surface area (Å²) in [6, 6.07) is 22.1. The number of benzene rings is 2. The molecule has 0 aliphatic carbocycles. The van der Waals surface area contributed by atoms with Crippen molar-refractivity contribution in [2.45, 2.75) is 201 Å². The molecule has 0 N–H and O–H groups in total. The van der Waals surface area contributed by atoms with Gasteiger partial charge < -0.3 is 17.7 Å². The fourth-order valence-corrected chi connectivity index (χ4v) is 15.6. The first-order valence-corrected chi connectivity index (χ1v) is 32.2. The van der Waals surface area contributed by atoms with Crippen molar-refractivity contribution in [1.82, 2.24) is 0 Å². The van der Waals surface area contributed by atoms with Crippen LogP contribution in [0.1, 0.15) is 124 Å². The second kappa shape index (κ2) is 18.7. The number of allylic oxidation sites excluding steroid dienone is 1. The van der Waals surface area contributed by atoms with Crippen LogP contribution in [-0.4, -0.2) is 57.7 Å². The smallest absolute Gasteiger partial charge is 0.261 e. The van der Waals surface area contributed by atoms with Crippen LogP contribution in [-0.2, 0) is 17.7 Å². The molecule has 0 saturated heterocycles. The molecule has 2 aromatic rings. The predicted molar refractivity (Wildman–Crippen MR) is 257 cm³/mol. The summed E-state index contributed by atoms with van der Waals surface area (Å²) in [5.41, 5.74) is -0.514. The first-order chi connectivity index (χ1) is 25.1. The van der Waals surface area contributed by atoms with Crippen molar-refractivity contribution in [2.24, 2.45) is 11.8 Å². The van der Waals surface area contributed by atoms with Crippen molar-refractivity contribution in [3.05, 3.63) is 72.8 Å². The fraction of sp³-hybridized carbons (Fsp3) is 0.708. The standard InChI is InChI=1S/C48H88O4Si4/c1-38(30-29-35-48(16,52-55(21,22)46(10,11)12)37-49-53(17,18)44(4,5)6)43(51-54(19,20)45(7,8)9)36-39(2)40(3)50-56(47(13,14)15,41-31-25-23-26-32-41)42-33-27-24-28-34-42/h23-29,31-35,38-40,43H,30,36-37H2,1-22H3/b35-29+/t38-,39-,40-,43+,48+/m0/s1. The van der Waals surface area contributed by atoms with Crippen molar-refractivity contribution < 1.29 is 17.7 Å². The molecule has 5 atom stereocenters. The highest BCUT2D eigenvalue weighted by Gasteiger charge is 2.52. The second-order valence-corrected chi connectivity index (χ2v) is 41.5. The van der Waals surface area contributed by atoms with E-state index in [4.69, 9.17) is 17.7 Å². The average Bonchev–Trinajstić information content (AvgIpc) is 3.04. The number of rotatable bonds is 18. The molecule has 8 heteroatoms. The minimum atomic E-state index is -2.70. The number of hydrogen-bond acceptors (Lipinski definition) is 4. The van der Waals surface area contributed by atoms with E-state index in [9.17, 15) is 0 Å². The average molecular weight is 842 g/mol.